The molecule has 0 radical (unpaired) electrons. The summed E-state index contributed by atoms with van der Waals surface area (Å²) in [5.41, 5.74) is 2.45. The first-order valence-corrected chi connectivity index (χ1v) is 8.44. The van der Waals surface area contributed by atoms with E-state index in [4.69, 9.17) is 4.65 Å². The Hall–Kier alpha value is -1.33. The van der Waals surface area contributed by atoms with Gasteiger partial charge in [-0.05, 0) is 47.8 Å². The minimum absolute atomic E-state index is 0.122. The molecule has 0 spiro atoms. The number of carbonyl (C=O) groups is 1. The second-order valence-electron chi connectivity index (χ2n) is 6.90. The zero-order valence-corrected chi connectivity index (χ0v) is 12.8. The van der Waals surface area contributed by atoms with Gasteiger partial charge in [-0.25, -0.2) is 0 Å². The Balaban J connectivity index is 1.42. The number of benzene rings is 1. The normalized spacial score (nSPS) is 22.6. The summed E-state index contributed by atoms with van der Waals surface area (Å²) in [4.78, 5) is 14.7. The first-order valence-electron chi connectivity index (χ1n) is 8.44. The van der Waals surface area contributed by atoms with Gasteiger partial charge in [0.25, 0.3) is 5.91 Å². The average molecular weight is 299 g/mol. The number of rotatable bonds is 2. The standard InChI is InChI=1S/C17H22BNO3/c20-17(14-4-5-16-15(10-14)11-22-18(16)21)19-8-6-13(7-9-19)12-2-1-3-12/h4-5,10,12-13,21H,1-3,6-9,11H2. The van der Waals surface area contributed by atoms with Gasteiger partial charge in [0, 0.05) is 18.7 Å². The molecule has 0 unspecified atom stereocenters. The highest BCUT2D eigenvalue weighted by atomic mass is 16.5. The highest BCUT2D eigenvalue weighted by Crippen LogP contribution is 2.38. The van der Waals surface area contributed by atoms with Crippen molar-refractivity contribution < 1.29 is 14.5 Å². The van der Waals surface area contributed by atoms with Gasteiger partial charge in [0.15, 0.2) is 0 Å². The summed E-state index contributed by atoms with van der Waals surface area (Å²) >= 11 is 0. The number of amides is 1. The summed E-state index contributed by atoms with van der Waals surface area (Å²) in [5, 5.41) is 9.65. The largest absolute Gasteiger partial charge is 0.491 e. The number of hydrogen-bond acceptors (Lipinski definition) is 3. The van der Waals surface area contributed by atoms with Crippen LogP contribution in [-0.4, -0.2) is 36.0 Å². The summed E-state index contributed by atoms with van der Waals surface area (Å²) < 4.78 is 5.19. The molecule has 5 heteroatoms. The van der Waals surface area contributed by atoms with Crippen LogP contribution in [0, 0.1) is 11.8 Å². The van der Waals surface area contributed by atoms with Gasteiger partial charge >= 0.3 is 7.12 Å². The predicted octanol–water partition coefficient (Wildman–Crippen LogP) is 1.56. The topological polar surface area (TPSA) is 49.8 Å². The SMILES string of the molecule is O=C(c1ccc2c(c1)COB2O)N1CCC(C2CCC2)CC1. The van der Waals surface area contributed by atoms with E-state index >= 15 is 0 Å². The molecule has 2 fully saturated rings. The molecule has 1 aromatic carbocycles. The fourth-order valence-corrected chi connectivity index (χ4v) is 4.03. The van der Waals surface area contributed by atoms with Gasteiger partial charge < -0.3 is 14.6 Å². The van der Waals surface area contributed by atoms with Crippen LogP contribution in [0.3, 0.4) is 0 Å². The second kappa shape index (κ2) is 5.71. The minimum Gasteiger partial charge on any atom is -0.423 e. The lowest BCUT2D eigenvalue weighted by Gasteiger charge is -2.39. The van der Waals surface area contributed by atoms with Crippen molar-refractivity contribution in [2.75, 3.05) is 13.1 Å². The molecule has 1 aromatic rings. The van der Waals surface area contributed by atoms with Crippen LogP contribution in [0.2, 0.25) is 0 Å². The van der Waals surface area contributed by atoms with Crippen molar-refractivity contribution >= 4 is 18.5 Å². The molecule has 1 saturated heterocycles. The zero-order valence-electron chi connectivity index (χ0n) is 12.8. The van der Waals surface area contributed by atoms with Gasteiger partial charge in [0.2, 0.25) is 0 Å². The zero-order chi connectivity index (χ0) is 15.1. The maximum absolute atomic E-state index is 12.7. The Morgan fingerprint density at radius 3 is 2.59 bits per heavy atom. The summed E-state index contributed by atoms with van der Waals surface area (Å²) in [6, 6.07) is 5.52. The van der Waals surface area contributed by atoms with E-state index < -0.39 is 7.12 Å². The van der Waals surface area contributed by atoms with Crippen molar-refractivity contribution in [1.29, 1.82) is 0 Å². The van der Waals surface area contributed by atoms with Crippen LogP contribution in [-0.2, 0) is 11.3 Å². The maximum atomic E-state index is 12.7. The predicted molar refractivity (Wildman–Crippen MR) is 84.8 cm³/mol. The van der Waals surface area contributed by atoms with E-state index in [1.165, 1.54) is 19.3 Å². The Morgan fingerprint density at radius 1 is 1.18 bits per heavy atom. The molecule has 4 rings (SSSR count). The number of carbonyl (C=O) groups excluding carboxylic acids is 1. The Kier molecular flexibility index (Phi) is 3.70. The van der Waals surface area contributed by atoms with Crippen LogP contribution >= 0.6 is 0 Å². The number of hydrogen-bond donors (Lipinski definition) is 1. The lowest BCUT2D eigenvalue weighted by molar-refractivity contribution is 0.0609. The van der Waals surface area contributed by atoms with Crippen molar-refractivity contribution in [3.8, 4) is 0 Å². The van der Waals surface area contributed by atoms with Crippen LogP contribution in [0.5, 0.6) is 0 Å². The van der Waals surface area contributed by atoms with E-state index in [0.29, 0.717) is 6.61 Å². The van der Waals surface area contributed by atoms with Crippen molar-refractivity contribution in [2.45, 2.75) is 38.7 Å². The van der Waals surface area contributed by atoms with Crippen molar-refractivity contribution in [2.24, 2.45) is 11.8 Å². The highest BCUT2D eigenvalue weighted by molar-refractivity contribution is 6.61. The third-order valence-electron chi connectivity index (χ3n) is 5.70. The van der Waals surface area contributed by atoms with Crippen LogP contribution in [0.15, 0.2) is 18.2 Å². The molecule has 22 heavy (non-hydrogen) atoms. The van der Waals surface area contributed by atoms with Gasteiger partial charge in [0.1, 0.15) is 0 Å². The van der Waals surface area contributed by atoms with E-state index in [1.54, 1.807) is 0 Å². The fraction of sp³-hybridized carbons (Fsp3) is 0.588. The molecular formula is C17H22BNO3. The van der Waals surface area contributed by atoms with Crippen LogP contribution < -0.4 is 5.46 Å². The Morgan fingerprint density at radius 2 is 1.91 bits per heavy atom. The lowest BCUT2D eigenvalue weighted by atomic mass is 9.72. The summed E-state index contributed by atoms with van der Waals surface area (Å²) in [6.07, 6.45) is 6.50. The molecule has 1 amide bonds. The van der Waals surface area contributed by atoms with Gasteiger partial charge in [-0.2, -0.15) is 0 Å². The minimum atomic E-state index is -0.836. The summed E-state index contributed by atoms with van der Waals surface area (Å²) in [5.74, 6) is 1.88. The first-order chi connectivity index (χ1) is 10.7. The smallest absolute Gasteiger partial charge is 0.423 e. The van der Waals surface area contributed by atoms with Crippen molar-refractivity contribution in [3.05, 3.63) is 29.3 Å². The molecule has 0 bridgehead atoms. The van der Waals surface area contributed by atoms with Gasteiger partial charge in [0.05, 0.1) is 6.61 Å². The van der Waals surface area contributed by atoms with E-state index in [2.05, 4.69) is 0 Å². The van der Waals surface area contributed by atoms with Crippen LogP contribution in [0.4, 0.5) is 0 Å². The second-order valence-corrected chi connectivity index (χ2v) is 6.90. The van der Waals surface area contributed by atoms with E-state index in [-0.39, 0.29) is 5.91 Å². The van der Waals surface area contributed by atoms with Crippen LogP contribution in [0.25, 0.3) is 0 Å². The third-order valence-corrected chi connectivity index (χ3v) is 5.70. The number of nitrogens with zero attached hydrogens (tertiary/aromatic N) is 1. The first kappa shape index (κ1) is 14.3. The average Bonchev–Trinajstić information content (AvgIpc) is 2.86. The van der Waals surface area contributed by atoms with E-state index in [0.717, 1.165) is 54.4 Å². The van der Waals surface area contributed by atoms with E-state index in [1.807, 2.05) is 23.1 Å². The monoisotopic (exact) mass is 299 g/mol. The Labute approximate surface area is 131 Å². The molecular weight excluding hydrogens is 277 g/mol. The van der Waals surface area contributed by atoms with Gasteiger partial charge in [-0.1, -0.05) is 25.3 Å². The maximum Gasteiger partial charge on any atom is 0.491 e. The number of fused-ring (bicyclic) bond motifs is 1. The molecule has 1 saturated carbocycles. The van der Waals surface area contributed by atoms with Crippen LogP contribution in [0.1, 0.15) is 48.0 Å². The third kappa shape index (κ3) is 2.46. The number of piperidine rings is 1. The fourth-order valence-electron chi connectivity index (χ4n) is 4.03. The molecule has 116 valence electrons. The molecule has 1 N–H and O–H groups in total. The lowest BCUT2D eigenvalue weighted by Crippen LogP contribution is -2.41. The van der Waals surface area contributed by atoms with Gasteiger partial charge in [-0.3, -0.25) is 4.79 Å². The highest BCUT2D eigenvalue weighted by Gasteiger charge is 2.32. The Bertz CT molecular complexity index is 579. The van der Waals surface area contributed by atoms with Crippen molar-refractivity contribution in [1.82, 2.24) is 4.90 Å². The van der Waals surface area contributed by atoms with Gasteiger partial charge in [-0.15, -0.1) is 0 Å². The summed E-state index contributed by atoms with van der Waals surface area (Å²) in [7, 11) is -0.836. The molecule has 0 aromatic heterocycles. The molecule has 2 aliphatic heterocycles. The van der Waals surface area contributed by atoms with Crippen molar-refractivity contribution in [3.63, 3.8) is 0 Å². The molecule has 3 aliphatic rings. The molecule has 2 heterocycles. The molecule has 1 aliphatic carbocycles. The number of likely N-dealkylation sites (tertiary alicyclic amines) is 1. The quantitative estimate of drug-likeness (QED) is 0.843. The molecule has 0 atom stereocenters. The molecule has 4 nitrogen and oxygen atoms in total. The van der Waals surface area contributed by atoms with E-state index in [9.17, 15) is 9.82 Å². The summed E-state index contributed by atoms with van der Waals surface area (Å²) in [6.45, 7) is 2.16.